The summed E-state index contributed by atoms with van der Waals surface area (Å²) in [7, 11) is 1.63. The zero-order valence-corrected chi connectivity index (χ0v) is 16.1. The first-order valence-electron chi connectivity index (χ1n) is 8.46. The molecule has 0 aliphatic rings. The van der Waals surface area contributed by atoms with Gasteiger partial charge in [-0.2, -0.15) is 0 Å². The van der Waals surface area contributed by atoms with Crippen molar-refractivity contribution in [2.24, 2.45) is 5.92 Å². The SMILES string of the molecule is COc1cccc(C(C)(CC(C)C)C(=O)O)c1SCc1ccccc1. The summed E-state index contributed by atoms with van der Waals surface area (Å²) in [6.07, 6.45) is 0.578. The number of rotatable bonds is 8. The number of hydrogen-bond donors (Lipinski definition) is 1. The molecule has 0 radical (unpaired) electrons. The molecule has 2 aromatic rings. The Bertz CT molecular complexity index is 712. The summed E-state index contributed by atoms with van der Waals surface area (Å²) in [5.74, 6) is 0.982. The number of carbonyl (C=O) groups is 1. The second kappa shape index (κ2) is 8.43. The predicted molar refractivity (Wildman–Crippen MR) is 103 cm³/mol. The normalized spacial score (nSPS) is 13.5. The van der Waals surface area contributed by atoms with Gasteiger partial charge in [-0.1, -0.05) is 56.3 Å². The first-order valence-corrected chi connectivity index (χ1v) is 9.44. The van der Waals surface area contributed by atoms with Crippen molar-refractivity contribution in [2.45, 2.75) is 43.3 Å². The highest BCUT2D eigenvalue weighted by Gasteiger charge is 2.38. The molecule has 0 fully saturated rings. The van der Waals surface area contributed by atoms with Crippen LogP contribution in [0.4, 0.5) is 0 Å². The molecule has 2 rings (SSSR count). The monoisotopic (exact) mass is 358 g/mol. The number of carboxylic acids is 1. The molecule has 0 spiro atoms. The van der Waals surface area contributed by atoms with Crippen LogP contribution >= 0.6 is 11.8 Å². The second-order valence-corrected chi connectivity index (χ2v) is 7.83. The zero-order valence-electron chi connectivity index (χ0n) is 15.3. The van der Waals surface area contributed by atoms with Gasteiger partial charge >= 0.3 is 5.97 Å². The van der Waals surface area contributed by atoms with Crippen LogP contribution in [0.15, 0.2) is 53.4 Å². The number of carboxylic acid groups (broad SMARTS) is 1. The van der Waals surface area contributed by atoms with E-state index < -0.39 is 11.4 Å². The molecule has 1 atom stereocenters. The van der Waals surface area contributed by atoms with Crippen molar-refractivity contribution in [3.63, 3.8) is 0 Å². The van der Waals surface area contributed by atoms with Gasteiger partial charge in [0.15, 0.2) is 0 Å². The topological polar surface area (TPSA) is 46.5 Å². The minimum absolute atomic E-state index is 0.277. The summed E-state index contributed by atoms with van der Waals surface area (Å²) in [6.45, 7) is 5.92. The summed E-state index contributed by atoms with van der Waals surface area (Å²) in [5.41, 5.74) is 1.08. The fourth-order valence-corrected chi connectivity index (χ4v) is 4.36. The molecule has 2 aromatic carbocycles. The van der Waals surface area contributed by atoms with Crippen molar-refractivity contribution in [3.05, 3.63) is 59.7 Å². The van der Waals surface area contributed by atoms with Crippen LogP contribution in [-0.4, -0.2) is 18.2 Å². The van der Waals surface area contributed by atoms with Crippen LogP contribution in [0, 0.1) is 5.92 Å². The summed E-state index contributed by atoms with van der Waals surface area (Å²) < 4.78 is 5.54. The number of benzene rings is 2. The van der Waals surface area contributed by atoms with Crippen molar-refractivity contribution < 1.29 is 14.6 Å². The Morgan fingerprint density at radius 3 is 2.40 bits per heavy atom. The first-order chi connectivity index (χ1) is 11.9. The van der Waals surface area contributed by atoms with E-state index in [0.29, 0.717) is 6.42 Å². The molecule has 25 heavy (non-hydrogen) atoms. The Morgan fingerprint density at radius 1 is 1.16 bits per heavy atom. The van der Waals surface area contributed by atoms with E-state index in [1.165, 1.54) is 5.56 Å². The fraction of sp³-hybridized carbons (Fsp3) is 0.381. The van der Waals surface area contributed by atoms with Gasteiger partial charge in [0.1, 0.15) is 5.75 Å². The number of aliphatic carboxylic acids is 1. The van der Waals surface area contributed by atoms with E-state index in [-0.39, 0.29) is 5.92 Å². The highest BCUT2D eigenvalue weighted by molar-refractivity contribution is 7.98. The molecule has 0 saturated carbocycles. The average molecular weight is 359 g/mol. The smallest absolute Gasteiger partial charge is 0.313 e. The summed E-state index contributed by atoms with van der Waals surface area (Å²) in [5, 5.41) is 9.96. The molecule has 0 heterocycles. The highest BCUT2D eigenvalue weighted by Crippen LogP contribution is 2.43. The van der Waals surface area contributed by atoms with E-state index in [1.807, 2.05) is 43.3 Å². The standard InChI is InChI=1S/C21H26O3S/c1-15(2)13-21(3,20(22)23)17-11-8-12-18(24-4)19(17)25-14-16-9-6-5-7-10-16/h5-12,15H,13-14H2,1-4H3,(H,22,23). The molecule has 0 aromatic heterocycles. The average Bonchev–Trinajstić information content (AvgIpc) is 2.59. The van der Waals surface area contributed by atoms with Crippen molar-refractivity contribution in [2.75, 3.05) is 7.11 Å². The maximum atomic E-state index is 12.1. The molecular weight excluding hydrogens is 332 g/mol. The molecule has 0 aliphatic carbocycles. The predicted octanol–water partition coefficient (Wildman–Crippen LogP) is 5.38. The second-order valence-electron chi connectivity index (χ2n) is 6.85. The van der Waals surface area contributed by atoms with E-state index in [2.05, 4.69) is 26.0 Å². The van der Waals surface area contributed by atoms with Gasteiger partial charge in [-0.05, 0) is 36.5 Å². The van der Waals surface area contributed by atoms with Gasteiger partial charge in [-0.25, -0.2) is 0 Å². The minimum atomic E-state index is -0.943. The van der Waals surface area contributed by atoms with Crippen molar-refractivity contribution in [3.8, 4) is 5.75 Å². The molecule has 134 valence electrons. The third kappa shape index (κ3) is 4.57. The van der Waals surface area contributed by atoms with Crippen LogP contribution in [0.25, 0.3) is 0 Å². The molecule has 4 heteroatoms. The van der Waals surface area contributed by atoms with Gasteiger partial charge in [-0.3, -0.25) is 4.79 Å². The Kier molecular flexibility index (Phi) is 6.54. The molecular formula is C21H26O3S. The molecule has 1 unspecified atom stereocenters. The van der Waals surface area contributed by atoms with E-state index in [9.17, 15) is 9.90 Å². The number of ether oxygens (including phenoxy) is 1. The number of thioether (sulfide) groups is 1. The van der Waals surface area contributed by atoms with Crippen LogP contribution < -0.4 is 4.74 Å². The quantitative estimate of drug-likeness (QED) is 0.644. The van der Waals surface area contributed by atoms with Crippen molar-refractivity contribution >= 4 is 17.7 Å². The Morgan fingerprint density at radius 2 is 1.84 bits per heavy atom. The third-order valence-corrected chi connectivity index (χ3v) is 5.50. The fourth-order valence-electron chi connectivity index (χ4n) is 3.12. The third-order valence-electron chi connectivity index (χ3n) is 4.31. The first kappa shape index (κ1) is 19.4. The van der Waals surface area contributed by atoms with E-state index >= 15 is 0 Å². The number of methoxy groups -OCH3 is 1. The lowest BCUT2D eigenvalue weighted by Gasteiger charge is -2.30. The van der Waals surface area contributed by atoms with E-state index in [0.717, 1.165) is 22.0 Å². The van der Waals surface area contributed by atoms with Gasteiger partial charge in [-0.15, -0.1) is 11.8 Å². The minimum Gasteiger partial charge on any atom is -0.496 e. The Labute approximate surface area is 154 Å². The maximum Gasteiger partial charge on any atom is 0.313 e. The number of hydrogen-bond acceptors (Lipinski definition) is 3. The maximum absolute atomic E-state index is 12.1. The molecule has 0 saturated heterocycles. The van der Waals surface area contributed by atoms with Crippen LogP contribution in [0.3, 0.4) is 0 Å². The summed E-state index contributed by atoms with van der Waals surface area (Å²) in [4.78, 5) is 13.0. The van der Waals surface area contributed by atoms with Gasteiger partial charge in [0.25, 0.3) is 0 Å². The van der Waals surface area contributed by atoms with Crippen molar-refractivity contribution in [1.29, 1.82) is 0 Å². The van der Waals surface area contributed by atoms with Gasteiger partial charge < -0.3 is 9.84 Å². The lowest BCUT2D eigenvalue weighted by atomic mass is 9.76. The van der Waals surface area contributed by atoms with Crippen LogP contribution in [0.5, 0.6) is 5.75 Å². The van der Waals surface area contributed by atoms with Crippen LogP contribution in [-0.2, 0) is 16.0 Å². The summed E-state index contributed by atoms with van der Waals surface area (Å²) in [6, 6.07) is 15.9. The van der Waals surface area contributed by atoms with E-state index in [1.54, 1.807) is 18.9 Å². The van der Waals surface area contributed by atoms with Gasteiger partial charge in [0.2, 0.25) is 0 Å². The Hall–Kier alpha value is -1.94. The molecule has 1 N–H and O–H groups in total. The van der Waals surface area contributed by atoms with Crippen LogP contribution in [0.2, 0.25) is 0 Å². The lowest BCUT2D eigenvalue weighted by molar-refractivity contribution is -0.144. The highest BCUT2D eigenvalue weighted by atomic mass is 32.2. The molecule has 3 nitrogen and oxygen atoms in total. The Balaban J connectivity index is 2.45. The van der Waals surface area contributed by atoms with Gasteiger partial charge in [0, 0.05) is 5.75 Å². The molecule has 0 aliphatic heterocycles. The van der Waals surface area contributed by atoms with Crippen LogP contribution in [0.1, 0.15) is 38.3 Å². The molecule has 0 amide bonds. The summed E-state index contributed by atoms with van der Waals surface area (Å²) >= 11 is 1.63. The van der Waals surface area contributed by atoms with Crippen molar-refractivity contribution in [1.82, 2.24) is 0 Å². The largest absolute Gasteiger partial charge is 0.496 e. The lowest BCUT2D eigenvalue weighted by Crippen LogP contribution is -2.34. The van der Waals surface area contributed by atoms with Gasteiger partial charge in [0.05, 0.1) is 17.4 Å². The molecule has 0 bridgehead atoms. The zero-order chi connectivity index (χ0) is 18.4. The van der Waals surface area contributed by atoms with E-state index in [4.69, 9.17) is 4.74 Å².